The van der Waals surface area contributed by atoms with Crippen LogP contribution in [-0.2, 0) is 20.9 Å². The van der Waals surface area contributed by atoms with Crippen molar-refractivity contribution < 1.29 is 18.8 Å². The van der Waals surface area contributed by atoms with E-state index in [2.05, 4.69) is 5.32 Å². The summed E-state index contributed by atoms with van der Waals surface area (Å²) in [5.74, 6) is -0.593. The predicted molar refractivity (Wildman–Crippen MR) is 126 cm³/mol. The van der Waals surface area contributed by atoms with E-state index in [0.717, 1.165) is 16.8 Å². The number of nitrogens with zero attached hydrogens (tertiary/aromatic N) is 2. The zero-order chi connectivity index (χ0) is 23.4. The number of hydrogen-bond acceptors (Lipinski definition) is 4. The summed E-state index contributed by atoms with van der Waals surface area (Å²) in [6.45, 7) is 4.28. The molecule has 2 aromatic carbocycles. The van der Waals surface area contributed by atoms with Crippen LogP contribution < -0.4 is 10.2 Å². The fourth-order valence-electron chi connectivity index (χ4n) is 4.09. The van der Waals surface area contributed by atoms with Crippen LogP contribution in [-0.4, -0.2) is 35.7 Å². The molecule has 1 fully saturated rings. The minimum atomic E-state index is -0.531. The fourth-order valence-corrected chi connectivity index (χ4v) is 4.09. The molecule has 1 aliphatic rings. The number of amides is 3. The number of aryl methyl sites for hydroxylation is 1. The first-order valence-electron chi connectivity index (χ1n) is 10.9. The highest BCUT2D eigenvalue weighted by atomic mass is 16.3. The molecule has 7 heteroatoms. The molecule has 1 unspecified atom stereocenters. The highest BCUT2D eigenvalue weighted by Crippen LogP contribution is 2.30. The molecule has 4 rings (SSSR count). The number of rotatable bonds is 7. The number of nitrogens with one attached hydrogen (secondary N) is 1. The van der Waals surface area contributed by atoms with Gasteiger partial charge in [0.05, 0.1) is 18.7 Å². The maximum absolute atomic E-state index is 13.5. The summed E-state index contributed by atoms with van der Waals surface area (Å²) < 4.78 is 5.41. The topological polar surface area (TPSA) is 82.9 Å². The molecule has 1 saturated heterocycles. The largest absolute Gasteiger partial charge is 0.467 e. The van der Waals surface area contributed by atoms with Gasteiger partial charge in [-0.3, -0.25) is 14.4 Å². The van der Waals surface area contributed by atoms with Gasteiger partial charge in [-0.2, -0.15) is 0 Å². The summed E-state index contributed by atoms with van der Waals surface area (Å²) in [5.41, 5.74) is 3.60. The Labute approximate surface area is 193 Å². The third-order valence-electron chi connectivity index (χ3n) is 5.97. The lowest BCUT2D eigenvalue weighted by Crippen LogP contribution is -2.41. The van der Waals surface area contributed by atoms with Crippen molar-refractivity contribution in [2.24, 2.45) is 5.92 Å². The lowest BCUT2D eigenvalue weighted by atomic mass is 10.1. The number of hydrogen-bond donors (Lipinski definition) is 1. The van der Waals surface area contributed by atoms with Gasteiger partial charge in [0.2, 0.25) is 17.7 Å². The molecule has 2 heterocycles. The van der Waals surface area contributed by atoms with Crippen LogP contribution in [0.3, 0.4) is 0 Å². The minimum absolute atomic E-state index is 0.0891. The van der Waals surface area contributed by atoms with Crippen molar-refractivity contribution in [3.63, 3.8) is 0 Å². The molecule has 3 aromatic rings. The Kier molecular flexibility index (Phi) is 6.58. The Balaban J connectivity index is 1.50. The lowest BCUT2D eigenvalue weighted by molar-refractivity contribution is -0.139. The van der Waals surface area contributed by atoms with Crippen LogP contribution in [0, 0.1) is 19.8 Å². The Bertz CT molecular complexity index is 1140. The van der Waals surface area contributed by atoms with Gasteiger partial charge in [-0.25, -0.2) is 0 Å². The molecular formula is C26H27N3O4. The Morgan fingerprint density at radius 1 is 1.06 bits per heavy atom. The van der Waals surface area contributed by atoms with Gasteiger partial charge in [0.1, 0.15) is 12.3 Å². The second kappa shape index (κ2) is 9.73. The second-order valence-corrected chi connectivity index (χ2v) is 8.31. The highest BCUT2D eigenvalue weighted by molar-refractivity contribution is 6.02. The third kappa shape index (κ3) is 5.14. The maximum atomic E-state index is 13.5. The van der Waals surface area contributed by atoms with Crippen LogP contribution in [0.25, 0.3) is 0 Å². The molecule has 0 bridgehead atoms. The van der Waals surface area contributed by atoms with Crippen LogP contribution >= 0.6 is 0 Å². The van der Waals surface area contributed by atoms with Crippen LogP contribution in [0.15, 0.2) is 71.3 Å². The Hall–Kier alpha value is -3.87. The zero-order valence-electron chi connectivity index (χ0n) is 18.8. The summed E-state index contributed by atoms with van der Waals surface area (Å²) in [7, 11) is 0. The van der Waals surface area contributed by atoms with Gasteiger partial charge >= 0.3 is 0 Å². The number of furan rings is 1. The van der Waals surface area contributed by atoms with Gasteiger partial charge < -0.3 is 19.5 Å². The van der Waals surface area contributed by atoms with E-state index in [1.54, 1.807) is 29.2 Å². The van der Waals surface area contributed by atoms with Crippen LogP contribution in [0.1, 0.15) is 23.3 Å². The van der Waals surface area contributed by atoms with Gasteiger partial charge in [-0.05, 0) is 55.3 Å². The van der Waals surface area contributed by atoms with Crippen LogP contribution in [0.2, 0.25) is 0 Å². The third-order valence-corrected chi connectivity index (χ3v) is 5.97. The second-order valence-electron chi connectivity index (χ2n) is 8.31. The molecule has 0 aliphatic carbocycles. The van der Waals surface area contributed by atoms with Crippen molar-refractivity contribution in [1.82, 2.24) is 4.90 Å². The number of benzene rings is 2. The van der Waals surface area contributed by atoms with Gasteiger partial charge in [0.15, 0.2) is 0 Å². The normalized spacial score (nSPS) is 15.5. The molecule has 3 amide bonds. The molecule has 7 nitrogen and oxygen atoms in total. The fraction of sp³-hybridized carbons (Fsp3) is 0.269. The smallest absolute Gasteiger partial charge is 0.244 e. The Morgan fingerprint density at radius 3 is 2.58 bits per heavy atom. The van der Waals surface area contributed by atoms with Gasteiger partial charge in [-0.15, -0.1) is 0 Å². The van der Waals surface area contributed by atoms with Gasteiger partial charge in [0.25, 0.3) is 0 Å². The van der Waals surface area contributed by atoms with Gasteiger partial charge in [-0.1, -0.05) is 30.3 Å². The average molecular weight is 446 g/mol. The van der Waals surface area contributed by atoms with E-state index < -0.39 is 5.92 Å². The summed E-state index contributed by atoms with van der Waals surface area (Å²) in [6.07, 6.45) is 1.64. The number of anilines is 2. The summed E-state index contributed by atoms with van der Waals surface area (Å²) in [6, 6.07) is 18.4. The SMILES string of the molecule is Cc1cccc(N2CC(C(=O)N(CC(=O)Nc3ccccc3)Cc3ccco3)CC2=O)c1C. The summed E-state index contributed by atoms with van der Waals surface area (Å²) in [4.78, 5) is 42.1. The number of carbonyl (C=O) groups is 3. The van der Waals surface area contributed by atoms with Crippen LogP contribution in [0.4, 0.5) is 11.4 Å². The van der Waals surface area contributed by atoms with Crippen LogP contribution in [0.5, 0.6) is 0 Å². The molecule has 0 saturated carbocycles. The lowest BCUT2D eigenvalue weighted by Gasteiger charge is -2.25. The molecule has 0 spiro atoms. The van der Waals surface area contributed by atoms with Crippen molar-refractivity contribution in [2.45, 2.75) is 26.8 Å². The number of para-hydroxylation sites is 1. The first kappa shape index (κ1) is 22.3. The molecule has 1 aliphatic heterocycles. The van der Waals surface area contributed by atoms with Crippen molar-refractivity contribution in [2.75, 3.05) is 23.3 Å². The molecule has 33 heavy (non-hydrogen) atoms. The van der Waals surface area contributed by atoms with E-state index in [-0.39, 0.29) is 43.8 Å². The van der Waals surface area contributed by atoms with Gasteiger partial charge in [0, 0.05) is 24.3 Å². The Morgan fingerprint density at radius 2 is 1.85 bits per heavy atom. The average Bonchev–Trinajstić information content (AvgIpc) is 3.45. The van der Waals surface area contributed by atoms with Crippen molar-refractivity contribution >= 4 is 29.1 Å². The van der Waals surface area contributed by atoms with E-state index >= 15 is 0 Å². The molecule has 1 aromatic heterocycles. The number of carbonyl (C=O) groups excluding carboxylic acids is 3. The van der Waals surface area contributed by atoms with Crippen molar-refractivity contribution in [3.05, 3.63) is 83.8 Å². The molecule has 1 N–H and O–H groups in total. The maximum Gasteiger partial charge on any atom is 0.244 e. The van der Waals surface area contributed by atoms with Crippen molar-refractivity contribution in [1.29, 1.82) is 0 Å². The first-order chi connectivity index (χ1) is 15.9. The predicted octanol–water partition coefficient (Wildman–Crippen LogP) is 3.92. The van der Waals surface area contributed by atoms with E-state index in [0.29, 0.717) is 11.4 Å². The molecule has 170 valence electrons. The minimum Gasteiger partial charge on any atom is -0.467 e. The van der Waals surface area contributed by atoms with E-state index in [1.165, 1.54) is 11.2 Å². The highest BCUT2D eigenvalue weighted by Gasteiger charge is 2.38. The summed E-state index contributed by atoms with van der Waals surface area (Å²) >= 11 is 0. The molecular weight excluding hydrogens is 418 g/mol. The zero-order valence-corrected chi connectivity index (χ0v) is 18.8. The van der Waals surface area contributed by atoms with E-state index in [4.69, 9.17) is 4.42 Å². The monoisotopic (exact) mass is 445 g/mol. The van der Waals surface area contributed by atoms with E-state index in [1.807, 2.05) is 50.2 Å². The van der Waals surface area contributed by atoms with Crippen molar-refractivity contribution in [3.8, 4) is 0 Å². The first-order valence-corrected chi connectivity index (χ1v) is 10.9. The molecule has 1 atom stereocenters. The van der Waals surface area contributed by atoms with E-state index in [9.17, 15) is 14.4 Å². The summed E-state index contributed by atoms with van der Waals surface area (Å²) in [5, 5.41) is 2.81. The molecule has 0 radical (unpaired) electrons. The standard InChI is InChI=1S/C26H27N3O4/c1-18-8-6-12-23(19(18)2)29-15-20(14-25(29)31)26(32)28(16-22-11-7-13-33-22)17-24(30)27-21-9-4-3-5-10-21/h3-13,20H,14-17H2,1-2H3,(H,27,30). The quantitative estimate of drug-likeness (QED) is 0.598.